The summed E-state index contributed by atoms with van der Waals surface area (Å²) in [6.07, 6.45) is -26.6. The number of rotatable bonds is 52. The van der Waals surface area contributed by atoms with Crippen molar-refractivity contribution in [3.63, 3.8) is 0 Å². The van der Waals surface area contributed by atoms with Crippen molar-refractivity contribution in [2.75, 3.05) is 146 Å². The summed E-state index contributed by atoms with van der Waals surface area (Å²) < 4.78 is 195. The number of H-pyrrole nitrogens is 4. The molecule has 13 N–H and O–H groups in total. The largest absolute Gasteiger partial charge is 0.472 e. The van der Waals surface area contributed by atoms with Gasteiger partial charge in [-0.3, -0.25) is 93.7 Å². The van der Waals surface area contributed by atoms with Gasteiger partial charge < -0.3 is 130 Å². The Morgan fingerprint density at radius 1 is 0.396 bits per heavy atom. The molecular formula is C76H109N18O41P5S4. The predicted octanol–water partition coefficient (Wildman–Crippen LogP) is -1.23. The number of aromatic amines is 4. The summed E-state index contributed by atoms with van der Waals surface area (Å²) in [5, 5.41) is 11.9. The molecule has 0 bridgehead atoms. The Morgan fingerprint density at radius 3 is 1.09 bits per heavy atom. The van der Waals surface area contributed by atoms with Crippen molar-refractivity contribution in [2.45, 2.75) is 189 Å². The maximum atomic E-state index is 15.5. The van der Waals surface area contributed by atoms with Crippen LogP contribution in [0.4, 0.5) is 11.6 Å². The third-order valence-corrected chi connectivity index (χ3v) is 30.7. The third-order valence-electron chi connectivity index (χ3n) is 23.4. The van der Waals surface area contributed by atoms with Crippen LogP contribution < -0.4 is 56.5 Å². The summed E-state index contributed by atoms with van der Waals surface area (Å²) in [4.78, 5) is 190. The van der Waals surface area contributed by atoms with E-state index in [4.69, 9.17) is 168 Å². The molecular weight excluding hydrogens is 2100 g/mol. The Morgan fingerprint density at radius 2 is 0.708 bits per heavy atom. The van der Waals surface area contributed by atoms with Crippen LogP contribution in [0.1, 0.15) is 79.4 Å². The molecule has 68 heteroatoms. The van der Waals surface area contributed by atoms with Crippen LogP contribution in [0.3, 0.4) is 0 Å². The Balaban J connectivity index is 0.755. The van der Waals surface area contributed by atoms with E-state index in [2.05, 4.69) is 62.1 Å². The molecule has 0 spiro atoms. The van der Waals surface area contributed by atoms with Gasteiger partial charge in [-0.05, 0) is 69.5 Å². The zero-order valence-corrected chi connectivity index (χ0v) is 86.1. The topological polar surface area (TPSA) is 734 Å². The van der Waals surface area contributed by atoms with Crippen LogP contribution in [-0.4, -0.2) is 340 Å². The summed E-state index contributed by atoms with van der Waals surface area (Å²) in [5.74, 6) is -0.0830. The number of aliphatic hydroxyl groups is 1. The predicted molar refractivity (Wildman–Crippen MR) is 506 cm³/mol. The number of hydrogen-bond donors (Lipinski definition) is 12. The van der Waals surface area contributed by atoms with Gasteiger partial charge in [0.15, 0.2) is 54.1 Å². The monoisotopic (exact) mass is 2210 g/mol. The number of methoxy groups -OCH3 is 5. The highest BCUT2D eigenvalue weighted by Crippen LogP contribution is 2.60. The van der Waals surface area contributed by atoms with Crippen molar-refractivity contribution in [1.82, 2.24) is 77.2 Å². The highest BCUT2D eigenvalue weighted by atomic mass is 32.7. The van der Waals surface area contributed by atoms with E-state index >= 15 is 9.13 Å². The zero-order chi connectivity index (χ0) is 104. The van der Waals surface area contributed by atoms with Crippen LogP contribution in [0.15, 0.2) is 88.5 Å². The Kier molecular flexibility index (Phi) is 38.2. The van der Waals surface area contributed by atoms with E-state index in [-0.39, 0.29) is 129 Å². The molecule has 0 radical (unpaired) electrons. The van der Waals surface area contributed by atoms with Gasteiger partial charge in [0.05, 0.1) is 124 Å². The van der Waals surface area contributed by atoms with Gasteiger partial charge in [0, 0.05) is 89.0 Å². The first-order valence-electron chi connectivity index (χ1n) is 44.1. The molecule has 6 aliphatic rings. The average Bonchev–Trinajstić information content (AvgIpc) is 1.62. The summed E-state index contributed by atoms with van der Waals surface area (Å²) in [7, 11) is 0.854. The number of aryl methyl sites for hydroxylation is 4. The number of fused-ring (bicyclic) bond motifs is 2. The summed E-state index contributed by atoms with van der Waals surface area (Å²) >= 11 is 21.5. The minimum absolute atomic E-state index is 0.00281. The van der Waals surface area contributed by atoms with Crippen LogP contribution >= 0.6 is 47.0 Å². The van der Waals surface area contributed by atoms with Crippen LogP contribution in [0.2, 0.25) is 0 Å². The third kappa shape index (κ3) is 26.7. The van der Waals surface area contributed by atoms with Gasteiger partial charge in [0.1, 0.15) is 121 Å². The second-order valence-electron chi connectivity index (χ2n) is 33.1. The number of phosphoric ester groups is 1. The molecule has 6 fully saturated rings. The van der Waals surface area contributed by atoms with Crippen LogP contribution in [-0.2, 0) is 166 Å². The first-order chi connectivity index (χ1) is 68.5. The van der Waals surface area contributed by atoms with Crippen molar-refractivity contribution < 1.29 is 155 Å². The number of anilines is 2. The smallest absolute Gasteiger partial charge is 0.387 e. The Labute approximate surface area is 834 Å². The number of phosphoric acid groups is 1. The molecule has 0 saturated carbocycles. The number of aromatic nitrogens is 16. The fourth-order valence-corrected chi connectivity index (χ4v) is 23.2. The number of nitrogens with zero attached hydrogens (tertiary/aromatic N) is 12. The van der Waals surface area contributed by atoms with E-state index in [9.17, 15) is 63.0 Å². The fourth-order valence-electron chi connectivity index (χ4n) is 16.4. The standard InChI is InChI=1S/C76H109N18O41P5S4/c1-11-40-41(22-47(125-40)89-23-36(2)64(96)85-73(89)100)131-137(106,141)122-30-45-53(57(117-19-14-112-8)70(128-45)91-25-38(4)66(98)87-75(91)102)135-139(108,143)123-29-44-51(56(116-18-13-111-7)69(127-44)90-24-37(3)65(97)86-74(90)101)132-136(104,105)120-28-43-52(59(119-21-16-114-10)72(130-43)94-35-84-49-61(78)80-33-82-63(49)94)133-140(109,144)124-31-46-54(58(118-20-15-113-9)71(129-46)92-26-39(5)67(99)88-76(92)103)134-138(107,142)121-27-42-50(95)55(115-17-12-110-6)68(126-42)93-34-83-48-60(77)79-32-81-62(48)93/h23-26,32-35,40-47,50-59,68-72,95H,11-22,27-31H2,1-10H3,(H,104,105)(H,106,141)(H,107,142)(H,108,143)(H,109,144)(H2,77,79,81)(H2,78,80,82)(H,85,96,100)(H,86,97,101)(H,87,98,102)(H,88,99,103)/t40-,41-,42-,43-,44-,45-,46-,47-,50+,51+,52+,53+,54+,55?,56?,57?,58?,59?,68-,69-,70-,71-,72-,137?,138?,139?,140?/m1/s1. The molecule has 8 aromatic rings. The number of nitrogen functional groups attached to an aromatic ring is 2. The molecule has 6 saturated heterocycles. The van der Waals surface area contributed by atoms with Crippen molar-refractivity contribution in [1.29, 1.82) is 0 Å². The molecule has 14 heterocycles. The van der Waals surface area contributed by atoms with Gasteiger partial charge in [0.25, 0.3) is 22.2 Å². The molecule has 0 aliphatic carbocycles. The summed E-state index contributed by atoms with van der Waals surface area (Å²) in [6.45, 7) is -19.0. The average molecular weight is 2210 g/mol. The lowest BCUT2D eigenvalue weighted by molar-refractivity contribution is -0.0837. The van der Waals surface area contributed by atoms with Crippen molar-refractivity contribution in [3.8, 4) is 0 Å². The van der Waals surface area contributed by atoms with E-state index in [0.717, 1.165) is 43.2 Å². The number of ether oxygens (including phenoxy) is 16. The van der Waals surface area contributed by atoms with E-state index < -0.39 is 261 Å². The SMILES string of the molecule is CC[C@H]1O[C@@H](n2cc(C)c(=O)[nH]c2=O)C[C@H]1OP(O)(=S)OC[C@H]1O[C@@H](n2cc(C)c(=O)[nH]c2=O)C(OCCOC)[C@H]1OP(=O)(S)OC[C@H]1O[C@@H](n2cc(C)c(=O)[nH]c2=O)C(OCCOC)[C@H]1OP(=O)(O)OC[C@H]1O[C@@H](n2cnc3c(N)ncnc32)C(OCCOC)[C@H]1OP(O)(=S)OC[C@H]1O[C@@H](n2cc(C)c(=O)[nH]c2=O)C(OCCOC)[C@H]1OP(O)(=S)OC[C@H]1O[C@@H](n2cnc3c(N)ncnc32)C(OCCOC)[C@H]1O. The van der Waals surface area contributed by atoms with Gasteiger partial charge in [-0.15, -0.1) is 0 Å². The lowest BCUT2D eigenvalue weighted by atomic mass is 10.1. The van der Waals surface area contributed by atoms with Crippen LogP contribution in [0.5, 0.6) is 0 Å². The molecule has 59 nitrogen and oxygen atoms in total. The summed E-state index contributed by atoms with van der Waals surface area (Å²) in [5.41, 5.74) is 5.81. The number of imidazole rings is 2. The van der Waals surface area contributed by atoms with Crippen molar-refractivity contribution in [3.05, 3.63) is 156 Å². The molecule has 144 heavy (non-hydrogen) atoms. The minimum atomic E-state index is -5.91. The van der Waals surface area contributed by atoms with Gasteiger partial charge >= 0.3 is 57.5 Å². The first-order valence-corrected chi connectivity index (χ1v) is 56.0. The van der Waals surface area contributed by atoms with Crippen LogP contribution in [0.25, 0.3) is 22.3 Å². The minimum Gasteiger partial charge on any atom is -0.387 e. The second-order valence-corrected chi connectivity index (χ2v) is 45.7. The zero-order valence-electron chi connectivity index (χ0n) is 78.3. The maximum absolute atomic E-state index is 15.5. The van der Waals surface area contributed by atoms with Crippen molar-refractivity contribution >= 4 is 116 Å². The lowest BCUT2D eigenvalue weighted by Crippen LogP contribution is -2.42. The van der Waals surface area contributed by atoms with E-state index in [0.29, 0.717) is 0 Å². The molecule has 6 aliphatic heterocycles. The number of nitrogens with one attached hydrogen (secondary N) is 4. The molecule has 14 rings (SSSR count). The molecule has 0 aromatic carbocycles. The molecule has 28 atom stereocenters. The normalized spacial score (nSPS) is 29.3. The van der Waals surface area contributed by atoms with Gasteiger partial charge in [-0.25, -0.2) is 58.2 Å². The lowest BCUT2D eigenvalue weighted by Gasteiger charge is -2.30. The van der Waals surface area contributed by atoms with Crippen molar-refractivity contribution in [2.24, 2.45) is 0 Å². The summed E-state index contributed by atoms with van der Waals surface area (Å²) in [6, 6.07) is 0. The molecule has 8 aromatic heterocycles. The number of aliphatic hydroxyl groups excluding tert-OH is 1. The van der Waals surface area contributed by atoms with E-state index in [1.54, 1.807) is 6.92 Å². The number of hydrogen-bond acceptors (Lipinski definition) is 48. The molecule has 0 amide bonds. The first kappa shape index (κ1) is 113. The second kappa shape index (κ2) is 48.9. The van der Waals surface area contributed by atoms with E-state index in [1.165, 1.54) is 97.6 Å². The Hall–Kier alpha value is -7.06. The molecule has 10 unspecified atom stereocenters. The van der Waals surface area contributed by atoms with Gasteiger partial charge in [-0.1, -0.05) is 19.2 Å². The Bertz CT molecular complexity index is 6580. The number of thiol groups is 1. The van der Waals surface area contributed by atoms with E-state index in [1.807, 2.05) is 0 Å². The highest BCUT2D eigenvalue weighted by Gasteiger charge is 2.58. The molecule has 798 valence electrons. The van der Waals surface area contributed by atoms with Gasteiger partial charge in [-0.2, -0.15) is 0 Å². The van der Waals surface area contributed by atoms with Crippen LogP contribution in [0, 0.1) is 27.7 Å². The van der Waals surface area contributed by atoms with Gasteiger partial charge in [0.2, 0.25) is 0 Å². The fraction of sp³-hybridized carbons (Fsp3) is 0.658. The quantitative estimate of drug-likeness (QED) is 0.0121. The number of nitrogens with two attached hydrogens (primary N) is 2. The highest BCUT2D eigenvalue weighted by molar-refractivity contribution is 8.44. The maximum Gasteiger partial charge on any atom is 0.472 e.